The van der Waals surface area contributed by atoms with Gasteiger partial charge in [-0.3, -0.25) is 14.9 Å². The van der Waals surface area contributed by atoms with E-state index in [4.69, 9.17) is 5.73 Å². The molecule has 2 heterocycles. The molecule has 8 nitrogen and oxygen atoms in total. The summed E-state index contributed by atoms with van der Waals surface area (Å²) < 4.78 is 0. The van der Waals surface area contributed by atoms with Crippen molar-refractivity contribution in [2.75, 3.05) is 12.4 Å². The van der Waals surface area contributed by atoms with E-state index < -0.39 is 12.1 Å². The van der Waals surface area contributed by atoms with Gasteiger partial charge in [0.05, 0.1) is 11.3 Å². The van der Waals surface area contributed by atoms with Crippen molar-refractivity contribution in [3.63, 3.8) is 0 Å². The minimum Gasteiger partial charge on any atom is -0.350 e. The first-order chi connectivity index (χ1) is 14.5. The number of nitrogens with zero attached hydrogens (tertiary/aromatic N) is 2. The predicted molar refractivity (Wildman–Crippen MR) is 116 cm³/mol. The maximum absolute atomic E-state index is 13.2. The van der Waals surface area contributed by atoms with Crippen molar-refractivity contribution in [2.24, 2.45) is 16.8 Å². The van der Waals surface area contributed by atoms with E-state index in [1.54, 1.807) is 11.1 Å². The van der Waals surface area contributed by atoms with E-state index in [-0.39, 0.29) is 23.0 Å². The van der Waals surface area contributed by atoms with E-state index in [1.165, 1.54) is 22.9 Å². The van der Waals surface area contributed by atoms with Gasteiger partial charge in [-0.2, -0.15) is 5.10 Å². The minimum absolute atomic E-state index is 0.0684. The van der Waals surface area contributed by atoms with E-state index in [9.17, 15) is 14.4 Å². The van der Waals surface area contributed by atoms with Gasteiger partial charge in [-0.1, -0.05) is 24.3 Å². The van der Waals surface area contributed by atoms with Gasteiger partial charge in [0.1, 0.15) is 11.8 Å². The molecule has 30 heavy (non-hydrogen) atoms. The summed E-state index contributed by atoms with van der Waals surface area (Å²) in [4.78, 5) is 38.8. The second-order valence-electron chi connectivity index (χ2n) is 8.12. The third-order valence-electron chi connectivity index (χ3n) is 6.08. The maximum atomic E-state index is 13.2. The zero-order chi connectivity index (χ0) is 21.1. The molecule has 1 aliphatic carbocycles. The molecule has 1 unspecified atom stereocenters. The smallest absolute Gasteiger partial charge is 0.332 e. The molecule has 4 N–H and O–H groups in total. The Morgan fingerprint density at radius 2 is 2.00 bits per heavy atom. The van der Waals surface area contributed by atoms with Crippen LogP contribution in [0.15, 0.2) is 29.4 Å². The zero-order valence-electron chi connectivity index (χ0n) is 16.8. The van der Waals surface area contributed by atoms with Crippen LogP contribution < -0.4 is 16.5 Å². The van der Waals surface area contributed by atoms with E-state index in [0.717, 1.165) is 25.7 Å². The van der Waals surface area contributed by atoms with E-state index in [2.05, 4.69) is 28.0 Å². The number of hydrazone groups is 1. The number of likely N-dealkylation sites (tertiary alicyclic amines) is 1. The summed E-state index contributed by atoms with van der Waals surface area (Å²) in [7, 11) is 0. The Morgan fingerprint density at radius 3 is 2.70 bits per heavy atom. The standard InChI is InChI=1S/C21H27N5O3S/c22-21(29)25-24-11-16-6-3-7-26(16)20(28)18-19(30-12-23-18)17(27)10-13-8-14-4-1-2-5-15(14)9-13/h1-2,4-5,11,13,16,18-19,23H,3,6-10,12H2,(H3,22,25,29)/t16-,18-,19?/m0/s1. The number of carbonyl (C=O) groups is 3. The number of amides is 3. The molecule has 0 aromatic heterocycles. The lowest BCUT2D eigenvalue weighted by Crippen LogP contribution is -2.51. The van der Waals surface area contributed by atoms with Crippen molar-refractivity contribution in [1.82, 2.24) is 15.6 Å². The van der Waals surface area contributed by atoms with Gasteiger partial charge in [-0.05, 0) is 42.7 Å². The number of benzene rings is 1. The summed E-state index contributed by atoms with van der Waals surface area (Å²) in [5.74, 6) is 0.994. The molecular formula is C21H27N5O3S. The molecular weight excluding hydrogens is 402 g/mol. The predicted octanol–water partition coefficient (Wildman–Crippen LogP) is 1.04. The molecule has 3 amide bonds. The topological polar surface area (TPSA) is 117 Å². The average Bonchev–Trinajstić information content (AvgIpc) is 3.45. The van der Waals surface area contributed by atoms with Crippen LogP contribution in [0.4, 0.5) is 4.79 Å². The first kappa shape index (κ1) is 20.9. The third-order valence-corrected chi connectivity index (χ3v) is 7.31. The molecule has 3 aliphatic rings. The number of carbonyl (C=O) groups excluding carboxylic acids is 3. The molecule has 2 fully saturated rings. The Balaban J connectivity index is 1.37. The summed E-state index contributed by atoms with van der Waals surface area (Å²) in [6.45, 7) is 0.619. The number of fused-ring (bicyclic) bond motifs is 1. The molecule has 1 aromatic rings. The second-order valence-corrected chi connectivity index (χ2v) is 9.25. The number of ketones is 1. The summed E-state index contributed by atoms with van der Waals surface area (Å²) in [5.41, 5.74) is 9.87. The number of nitrogens with two attached hydrogens (primary N) is 1. The third kappa shape index (κ3) is 4.52. The number of urea groups is 1. The van der Waals surface area contributed by atoms with Gasteiger partial charge in [-0.15, -0.1) is 11.8 Å². The highest BCUT2D eigenvalue weighted by atomic mass is 32.2. The van der Waals surface area contributed by atoms with Crippen molar-refractivity contribution < 1.29 is 14.4 Å². The number of nitrogens with one attached hydrogen (secondary N) is 2. The van der Waals surface area contributed by atoms with E-state index in [0.29, 0.717) is 24.8 Å². The Hall–Kier alpha value is -2.39. The number of primary amides is 1. The van der Waals surface area contributed by atoms with Crippen LogP contribution in [-0.2, 0) is 22.4 Å². The van der Waals surface area contributed by atoms with Gasteiger partial charge < -0.3 is 10.6 Å². The van der Waals surface area contributed by atoms with Gasteiger partial charge in [0.25, 0.3) is 0 Å². The molecule has 3 atom stereocenters. The highest BCUT2D eigenvalue weighted by molar-refractivity contribution is 8.00. The van der Waals surface area contributed by atoms with Crippen LogP contribution in [-0.4, -0.2) is 58.6 Å². The van der Waals surface area contributed by atoms with Crippen LogP contribution in [0.5, 0.6) is 0 Å². The van der Waals surface area contributed by atoms with Crippen LogP contribution in [0.2, 0.25) is 0 Å². The molecule has 0 saturated carbocycles. The Morgan fingerprint density at radius 1 is 1.27 bits per heavy atom. The molecule has 160 valence electrons. The van der Waals surface area contributed by atoms with Gasteiger partial charge in [0.15, 0.2) is 0 Å². The highest BCUT2D eigenvalue weighted by Gasteiger charge is 2.43. The average molecular weight is 430 g/mol. The molecule has 0 bridgehead atoms. The summed E-state index contributed by atoms with van der Waals surface area (Å²) in [6, 6.07) is 6.92. The van der Waals surface area contributed by atoms with Crippen LogP contribution in [0.1, 0.15) is 30.4 Å². The van der Waals surface area contributed by atoms with Crippen LogP contribution >= 0.6 is 11.8 Å². The molecule has 2 saturated heterocycles. The second kappa shape index (κ2) is 9.18. The SMILES string of the molecule is NC(=O)NN=C[C@@H]1CCCN1C(=O)[C@H]1NCSC1C(=O)CC1Cc2ccccc2C1. The summed E-state index contributed by atoms with van der Waals surface area (Å²) in [6.07, 6.45) is 5.55. The number of thioether (sulfide) groups is 1. The molecule has 9 heteroatoms. The number of hydrogen-bond donors (Lipinski definition) is 3. The quantitative estimate of drug-likeness (QED) is 0.461. The van der Waals surface area contributed by atoms with E-state index in [1.807, 2.05) is 12.1 Å². The molecule has 2 aliphatic heterocycles. The largest absolute Gasteiger partial charge is 0.350 e. The fraction of sp³-hybridized carbons (Fsp3) is 0.524. The molecule has 1 aromatic carbocycles. The number of Topliss-reactive ketones (excluding diaryl/α,β-unsaturated/α-hetero) is 1. The van der Waals surface area contributed by atoms with Crippen LogP contribution in [0, 0.1) is 5.92 Å². The lowest BCUT2D eigenvalue weighted by atomic mass is 9.95. The van der Waals surface area contributed by atoms with Crippen molar-refractivity contribution in [3.05, 3.63) is 35.4 Å². The lowest BCUT2D eigenvalue weighted by molar-refractivity contribution is -0.134. The highest BCUT2D eigenvalue weighted by Crippen LogP contribution is 2.32. The van der Waals surface area contributed by atoms with Crippen molar-refractivity contribution in [3.8, 4) is 0 Å². The first-order valence-electron chi connectivity index (χ1n) is 10.4. The van der Waals surface area contributed by atoms with Crippen LogP contribution in [0.3, 0.4) is 0 Å². The van der Waals surface area contributed by atoms with Crippen LogP contribution in [0.25, 0.3) is 0 Å². The fourth-order valence-corrected chi connectivity index (χ4v) is 5.85. The normalized spacial score (nSPS) is 26.3. The Kier molecular flexibility index (Phi) is 6.38. The van der Waals surface area contributed by atoms with Crippen molar-refractivity contribution in [2.45, 2.75) is 49.4 Å². The monoisotopic (exact) mass is 429 g/mol. The van der Waals surface area contributed by atoms with Crippen molar-refractivity contribution in [1.29, 1.82) is 0 Å². The van der Waals surface area contributed by atoms with Gasteiger partial charge in [0.2, 0.25) is 5.91 Å². The van der Waals surface area contributed by atoms with Gasteiger partial charge in [-0.25, -0.2) is 10.2 Å². The van der Waals surface area contributed by atoms with Crippen molar-refractivity contribution >= 4 is 35.7 Å². The number of hydrogen-bond acceptors (Lipinski definition) is 6. The van der Waals surface area contributed by atoms with Gasteiger partial charge in [0, 0.05) is 25.1 Å². The minimum atomic E-state index is -0.740. The Labute approximate surface area is 180 Å². The Bertz CT molecular complexity index is 836. The lowest BCUT2D eigenvalue weighted by Gasteiger charge is -2.27. The molecule has 0 spiro atoms. The zero-order valence-corrected chi connectivity index (χ0v) is 17.6. The van der Waals surface area contributed by atoms with Gasteiger partial charge >= 0.3 is 6.03 Å². The number of rotatable bonds is 6. The molecule has 0 radical (unpaired) electrons. The maximum Gasteiger partial charge on any atom is 0.332 e. The van der Waals surface area contributed by atoms with E-state index >= 15 is 0 Å². The summed E-state index contributed by atoms with van der Waals surface area (Å²) in [5, 5.41) is 6.68. The molecule has 4 rings (SSSR count). The fourth-order valence-electron chi connectivity index (χ4n) is 4.71. The summed E-state index contributed by atoms with van der Waals surface area (Å²) >= 11 is 1.52. The first-order valence-corrected chi connectivity index (χ1v) is 11.4.